The molecular formula is C19H17N4O4-. The van der Waals surface area contributed by atoms with Crippen LogP contribution < -0.4 is 10.7 Å². The number of non-ortho nitro benzene ring substituents is 1. The van der Waals surface area contributed by atoms with Crippen molar-refractivity contribution in [1.82, 2.24) is 9.66 Å². The second-order valence-corrected chi connectivity index (χ2v) is 6.09. The van der Waals surface area contributed by atoms with Gasteiger partial charge < -0.3 is 5.11 Å². The van der Waals surface area contributed by atoms with E-state index in [1.807, 2.05) is 6.92 Å². The van der Waals surface area contributed by atoms with Crippen LogP contribution >= 0.6 is 0 Å². The summed E-state index contributed by atoms with van der Waals surface area (Å²) < 4.78 is 1.15. The summed E-state index contributed by atoms with van der Waals surface area (Å²) in [5.74, 6) is 0.0928. The van der Waals surface area contributed by atoms with Crippen LogP contribution in [0.25, 0.3) is 10.9 Å². The van der Waals surface area contributed by atoms with Gasteiger partial charge in [0, 0.05) is 18.6 Å². The van der Waals surface area contributed by atoms with Crippen molar-refractivity contribution in [2.75, 3.05) is 0 Å². The van der Waals surface area contributed by atoms with Crippen LogP contribution in [0.15, 0.2) is 46.3 Å². The Hall–Kier alpha value is -3.55. The molecule has 0 amide bonds. The molecule has 0 aliphatic carbocycles. The molecule has 8 nitrogen and oxygen atoms in total. The van der Waals surface area contributed by atoms with Crippen LogP contribution in [0.1, 0.15) is 30.3 Å². The second-order valence-electron chi connectivity index (χ2n) is 6.09. The minimum absolute atomic E-state index is 0.0456. The maximum absolute atomic E-state index is 12.8. The molecule has 0 radical (unpaired) electrons. The molecule has 0 N–H and O–H groups in total. The molecule has 27 heavy (non-hydrogen) atoms. The van der Waals surface area contributed by atoms with E-state index in [2.05, 4.69) is 10.1 Å². The van der Waals surface area contributed by atoms with Gasteiger partial charge in [0.05, 0.1) is 22.0 Å². The van der Waals surface area contributed by atoms with E-state index in [0.717, 1.165) is 17.2 Å². The van der Waals surface area contributed by atoms with E-state index < -0.39 is 4.92 Å². The van der Waals surface area contributed by atoms with Crippen LogP contribution in [0.3, 0.4) is 0 Å². The van der Waals surface area contributed by atoms with E-state index in [1.54, 1.807) is 24.3 Å². The van der Waals surface area contributed by atoms with Crippen LogP contribution in [0.4, 0.5) is 5.69 Å². The fourth-order valence-electron chi connectivity index (χ4n) is 2.78. The normalized spacial score (nSPS) is 11.3. The van der Waals surface area contributed by atoms with Crippen molar-refractivity contribution in [2.24, 2.45) is 5.10 Å². The average molecular weight is 365 g/mol. The third-order valence-corrected chi connectivity index (χ3v) is 4.11. The number of nitro groups is 1. The van der Waals surface area contributed by atoms with Gasteiger partial charge in [-0.2, -0.15) is 9.78 Å². The fraction of sp³-hybridized carbons (Fsp3) is 0.211. The summed E-state index contributed by atoms with van der Waals surface area (Å²) in [4.78, 5) is 27.7. The predicted molar refractivity (Wildman–Crippen MR) is 100 cm³/mol. The van der Waals surface area contributed by atoms with E-state index >= 15 is 0 Å². The molecule has 138 valence electrons. The molecule has 0 aliphatic heterocycles. The van der Waals surface area contributed by atoms with Gasteiger partial charge in [-0.15, -0.1) is 0 Å². The van der Waals surface area contributed by atoms with Crippen LogP contribution in [-0.4, -0.2) is 20.8 Å². The molecule has 8 heteroatoms. The third-order valence-electron chi connectivity index (χ3n) is 4.11. The number of fused-ring (bicyclic) bond motifs is 1. The molecule has 3 rings (SSSR count). The summed E-state index contributed by atoms with van der Waals surface area (Å²) in [6, 6.07) is 9.31. The van der Waals surface area contributed by atoms with Gasteiger partial charge in [-0.25, -0.2) is 4.98 Å². The lowest BCUT2D eigenvalue weighted by Crippen LogP contribution is -2.22. The molecule has 0 saturated carbocycles. The molecule has 0 bridgehead atoms. The molecule has 0 fully saturated rings. The molecule has 1 heterocycles. The first kappa shape index (κ1) is 18.2. The third kappa shape index (κ3) is 3.55. The van der Waals surface area contributed by atoms with E-state index in [-0.39, 0.29) is 28.1 Å². The number of nitro benzene ring substituents is 1. The zero-order valence-corrected chi connectivity index (χ0v) is 14.9. The Morgan fingerprint density at radius 3 is 2.74 bits per heavy atom. The zero-order valence-electron chi connectivity index (χ0n) is 14.9. The van der Waals surface area contributed by atoms with E-state index in [4.69, 9.17) is 0 Å². The highest BCUT2D eigenvalue weighted by Gasteiger charge is 2.11. The molecule has 2 aromatic carbocycles. The highest BCUT2D eigenvalue weighted by atomic mass is 16.6. The Kier molecular flexibility index (Phi) is 4.98. The number of aryl methyl sites for hydroxylation is 2. The number of benzene rings is 2. The van der Waals surface area contributed by atoms with Crippen LogP contribution in [0, 0.1) is 17.0 Å². The Bertz CT molecular complexity index is 1120. The summed E-state index contributed by atoms with van der Waals surface area (Å²) in [5, 5.41) is 27.8. The van der Waals surface area contributed by atoms with Crippen molar-refractivity contribution < 1.29 is 10.0 Å². The van der Waals surface area contributed by atoms with Crippen molar-refractivity contribution in [3.63, 3.8) is 0 Å². The van der Waals surface area contributed by atoms with Crippen LogP contribution in [0.2, 0.25) is 0 Å². The van der Waals surface area contributed by atoms with Crippen molar-refractivity contribution in [1.29, 1.82) is 0 Å². The van der Waals surface area contributed by atoms with Crippen molar-refractivity contribution in [2.45, 2.75) is 26.7 Å². The van der Waals surface area contributed by atoms with Crippen molar-refractivity contribution >= 4 is 22.8 Å². The quantitative estimate of drug-likeness (QED) is 0.391. The Labute approximate surface area is 154 Å². The van der Waals surface area contributed by atoms with Gasteiger partial charge in [-0.3, -0.25) is 14.9 Å². The lowest BCUT2D eigenvalue weighted by molar-refractivity contribution is -0.385. The van der Waals surface area contributed by atoms with Gasteiger partial charge in [0.2, 0.25) is 0 Å². The SMILES string of the molecule is CCCc1nc2ccccc2c(=O)n1/N=C\c1cc([N+](=O)[O-])cc(C)c1[O-]. The number of para-hydroxylation sites is 1. The molecule has 0 atom stereocenters. The maximum atomic E-state index is 12.8. The van der Waals surface area contributed by atoms with Crippen LogP contribution in [0.5, 0.6) is 5.75 Å². The smallest absolute Gasteiger partial charge is 0.282 e. The van der Waals surface area contributed by atoms with Crippen molar-refractivity contribution in [3.8, 4) is 5.75 Å². The standard InChI is InChI=1S/C19H18N4O4/c1-3-6-17-21-16-8-5-4-7-15(16)19(25)22(17)20-11-13-10-14(23(26)27)9-12(2)18(13)24/h4-5,7-11,24H,3,6H2,1-2H3/p-1/b20-11-. The first-order chi connectivity index (χ1) is 12.9. The minimum atomic E-state index is -0.573. The zero-order chi connectivity index (χ0) is 19.6. The molecule has 0 spiro atoms. The van der Waals surface area contributed by atoms with E-state index in [9.17, 15) is 20.0 Å². The summed E-state index contributed by atoms with van der Waals surface area (Å²) in [6.07, 6.45) is 2.46. The topological polar surface area (TPSA) is 113 Å². The number of aromatic nitrogens is 2. The maximum Gasteiger partial charge on any atom is 0.282 e. The summed E-state index contributed by atoms with van der Waals surface area (Å²) in [7, 11) is 0. The monoisotopic (exact) mass is 365 g/mol. The fourth-order valence-corrected chi connectivity index (χ4v) is 2.78. The number of nitrogens with zero attached hydrogens (tertiary/aromatic N) is 4. The molecule has 0 aliphatic rings. The lowest BCUT2D eigenvalue weighted by Gasteiger charge is -2.14. The van der Waals surface area contributed by atoms with Gasteiger partial charge in [0.15, 0.2) is 0 Å². The van der Waals surface area contributed by atoms with Crippen LogP contribution in [-0.2, 0) is 6.42 Å². The minimum Gasteiger partial charge on any atom is -0.872 e. The highest BCUT2D eigenvalue weighted by molar-refractivity contribution is 5.85. The summed E-state index contributed by atoms with van der Waals surface area (Å²) in [6.45, 7) is 3.45. The molecular weight excluding hydrogens is 348 g/mol. The average Bonchev–Trinajstić information content (AvgIpc) is 2.64. The lowest BCUT2D eigenvalue weighted by atomic mass is 10.1. The molecule has 0 saturated heterocycles. The van der Waals surface area contributed by atoms with Gasteiger partial charge in [-0.1, -0.05) is 30.4 Å². The molecule has 1 aromatic heterocycles. The Morgan fingerprint density at radius 2 is 2.04 bits per heavy atom. The van der Waals surface area contributed by atoms with Gasteiger partial charge in [-0.05, 0) is 31.0 Å². The summed E-state index contributed by atoms with van der Waals surface area (Å²) in [5.41, 5.74) is 0.307. The highest BCUT2D eigenvalue weighted by Crippen LogP contribution is 2.24. The number of hydrogen-bond acceptors (Lipinski definition) is 6. The summed E-state index contributed by atoms with van der Waals surface area (Å²) >= 11 is 0. The number of rotatable bonds is 5. The molecule has 0 unspecified atom stereocenters. The Balaban J connectivity index is 2.16. The van der Waals surface area contributed by atoms with E-state index in [1.165, 1.54) is 19.2 Å². The Morgan fingerprint density at radius 1 is 1.30 bits per heavy atom. The van der Waals surface area contributed by atoms with E-state index in [0.29, 0.717) is 23.1 Å². The largest absolute Gasteiger partial charge is 0.872 e. The first-order valence-electron chi connectivity index (χ1n) is 8.43. The predicted octanol–water partition coefficient (Wildman–Crippen LogP) is 2.52. The van der Waals surface area contributed by atoms with Gasteiger partial charge >= 0.3 is 0 Å². The molecule has 3 aromatic rings. The van der Waals surface area contributed by atoms with Crippen molar-refractivity contribution in [3.05, 3.63) is 73.8 Å². The second kappa shape index (κ2) is 7.36. The van der Waals surface area contributed by atoms with Gasteiger partial charge in [0.25, 0.3) is 11.2 Å². The first-order valence-corrected chi connectivity index (χ1v) is 8.43. The van der Waals surface area contributed by atoms with Gasteiger partial charge in [0.1, 0.15) is 5.82 Å². The number of hydrogen-bond donors (Lipinski definition) is 0.